The molecule has 2 aliphatic rings. The van der Waals surface area contributed by atoms with Crippen LogP contribution in [0.1, 0.15) is 18.4 Å². The smallest absolute Gasteiger partial charge is 0.251 e. The van der Waals surface area contributed by atoms with E-state index in [1.54, 1.807) is 18.2 Å². The highest BCUT2D eigenvalue weighted by atomic mass is 32.2. The molecule has 0 N–H and O–H groups in total. The van der Waals surface area contributed by atoms with E-state index in [-0.39, 0.29) is 12.0 Å². The van der Waals surface area contributed by atoms with E-state index in [1.165, 1.54) is 18.4 Å². The first-order valence-corrected chi connectivity index (χ1v) is 10.5. The van der Waals surface area contributed by atoms with Crippen LogP contribution in [0.25, 0.3) is 0 Å². The normalized spacial score (nSPS) is 22.1. The highest BCUT2D eigenvalue weighted by molar-refractivity contribution is 7.89. The summed E-state index contributed by atoms with van der Waals surface area (Å²) in [7, 11) is -0.354. The van der Waals surface area contributed by atoms with E-state index in [0.717, 1.165) is 31.5 Å². The number of carbonyl (C=O) groups is 1. The number of benzene rings is 1. The molecule has 1 atom stereocenters. The maximum absolute atomic E-state index is 12.4. The second-order valence-electron chi connectivity index (χ2n) is 7.04. The lowest BCUT2D eigenvalue weighted by atomic mass is 10.1. The Balaban J connectivity index is 1.57. The van der Waals surface area contributed by atoms with Crippen molar-refractivity contribution in [2.75, 3.05) is 46.9 Å². The lowest BCUT2D eigenvalue weighted by Crippen LogP contribution is -2.51. The number of rotatable bonds is 5. The first-order chi connectivity index (χ1) is 12.4. The maximum Gasteiger partial charge on any atom is 0.251 e. The minimum Gasteiger partial charge on any atom is -0.368 e. The predicted molar refractivity (Wildman–Crippen MR) is 98.1 cm³/mol. The largest absolute Gasteiger partial charge is 0.368 e. The van der Waals surface area contributed by atoms with Gasteiger partial charge >= 0.3 is 0 Å². The molecule has 26 heavy (non-hydrogen) atoms. The highest BCUT2D eigenvalue weighted by Gasteiger charge is 2.30. The average molecular weight is 381 g/mol. The van der Waals surface area contributed by atoms with Crippen LogP contribution in [-0.4, -0.2) is 81.4 Å². The summed E-state index contributed by atoms with van der Waals surface area (Å²) in [6.45, 7) is 4.30. The standard InChI is InChI=1S/C18H27N3O4S/c1-19(2)26(23,24)16-6-3-5-15(13-16)14-20-8-10-21(11-9-20)18(22)17-7-4-12-25-17/h3,5-6,13,17H,4,7-12,14H2,1-2H3. The minimum absolute atomic E-state index is 0.112. The van der Waals surface area contributed by atoms with Crippen LogP contribution >= 0.6 is 0 Å². The lowest BCUT2D eigenvalue weighted by Gasteiger charge is -2.35. The van der Waals surface area contributed by atoms with Crippen LogP contribution in [0.3, 0.4) is 0 Å². The van der Waals surface area contributed by atoms with E-state index >= 15 is 0 Å². The summed E-state index contributed by atoms with van der Waals surface area (Å²) in [4.78, 5) is 16.8. The van der Waals surface area contributed by atoms with E-state index in [9.17, 15) is 13.2 Å². The number of piperazine rings is 1. The molecule has 7 nitrogen and oxygen atoms in total. The van der Waals surface area contributed by atoms with E-state index in [2.05, 4.69) is 4.90 Å². The van der Waals surface area contributed by atoms with Crippen molar-refractivity contribution in [3.05, 3.63) is 29.8 Å². The molecule has 2 saturated heterocycles. The molecule has 8 heteroatoms. The van der Waals surface area contributed by atoms with Gasteiger partial charge in [0.2, 0.25) is 10.0 Å². The van der Waals surface area contributed by atoms with Gasteiger partial charge in [-0.15, -0.1) is 0 Å². The number of nitrogens with zero attached hydrogens (tertiary/aromatic N) is 3. The number of amides is 1. The van der Waals surface area contributed by atoms with Crippen LogP contribution in [0.4, 0.5) is 0 Å². The number of hydrogen-bond acceptors (Lipinski definition) is 5. The second kappa shape index (κ2) is 8.04. The molecular weight excluding hydrogens is 354 g/mol. The van der Waals surface area contributed by atoms with Crippen molar-refractivity contribution in [1.29, 1.82) is 0 Å². The van der Waals surface area contributed by atoms with Crippen LogP contribution in [0.2, 0.25) is 0 Å². The Morgan fingerprint density at radius 2 is 1.96 bits per heavy atom. The summed E-state index contributed by atoms with van der Waals surface area (Å²) in [5, 5.41) is 0. The van der Waals surface area contributed by atoms with Gasteiger partial charge in [-0.1, -0.05) is 12.1 Å². The van der Waals surface area contributed by atoms with Crippen molar-refractivity contribution in [2.45, 2.75) is 30.4 Å². The molecule has 0 radical (unpaired) electrons. The van der Waals surface area contributed by atoms with Gasteiger partial charge in [0.15, 0.2) is 0 Å². The van der Waals surface area contributed by atoms with Crippen LogP contribution in [-0.2, 0) is 26.1 Å². The lowest BCUT2D eigenvalue weighted by molar-refractivity contribution is -0.142. The van der Waals surface area contributed by atoms with Crippen molar-refractivity contribution in [1.82, 2.24) is 14.1 Å². The van der Waals surface area contributed by atoms with Gasteiger partial charge in [0.05, 0.1) is 4.90 Å². The molecule has 2 aliphatic heterocycles. The molecule has 0 saturated carbocycles. The summed E-state index contributed by atoms with van der Waals surface area (Å²) in [5.74, 6) is 0.112. The molecule has 1 aromatic rings. The Labute approximate surface area is 155 Å². The van der Waals surface area contributed by atoms with E-state index < -0.39 is 10.0 Å². The summed E-state index contributed by atoms with van der Waals surface area (Å²) >= 11 is 0. The zero-order valence-corrected chi connectivity index (χ0v) is 16.2. The number of ether oxygens (including phenoxy) is 1. The first-order valence-electron chi connectivity index (χ1n) is 9.02. The third-order valence-corrected chi connectivity index (χ3v) is 6.78. The van der Waals surface area contributed by atoms with Crippen molar-refractivity contribution >= 4 is 15.9 Å². The maximum atomic E-state index is 12.4. The Hall–Kier alpha value is -1.48. The highest BCUT2D eigenvalue weighted by Crippen LogP contribution is 2.18. The Kier molecular flexibility index (Phi) is 5.96. The van der Waals surface area contributed by atoms with Gasteiger partial charge in [0.1, 0.15) is 6.10 Å². The molecule has 0 spiro atoms. The average Bonchev–Trinajstić information content (AvgIpc) is 3.16. The van der Waals surface area contributed by atoms with E-state index in [0.29, 0.717) is 31.1 Å². The van der Waals surface area contributed by atoms with Crippen molar-refractivity contribution in [3.63, 3.8) is 0 Å². The zero-order valence-electron chi connectivity index (χ0n) is 15.4. The molecule has 2 fully saturated rings. The molecule has 3 rings (SSSR count). The topological polar surface area (TPSA) is 70.2 Å². The van der Waals surface area contributed by atoms with Crippen LogP contribution in [0.15, 0.2) is 29.2 Å². The second-order valence-corrected chi connectivity index (χ2v) is 9.19. The molecule has 0 aromatic heterocycles. The Bertz CT molecular complexity index is 737. The van der Waals surface area contributed by atoms with Crippen molar-refractivity contribution in [2.24, 2.45) is 0 Å². The Morgan fingerprint density at radius 1 is 1.23 bits per heavy atom. The summed E-state index contributed by atoms with van der Waals surface area (Å²) in [5.41, 5.74) is 0.965. The van der Waals surface area contributed by atoms with E-state index in [4.69, 9.17) is 4.74 Å². The molecule has 2 heterocycles. The molecule has 1 amide bonds. The fourth-order valence-electron chi connectivity index (χ4n) is 3.38. The molecule has 0 bridgehead atoms. The van der Waals surface area contributed by atoms with Gasteiger partial charge in [0.25, 0.3) is 5.91 Å². The van der Waals surface area contributed by atoms with Crippen LogP contribution < -0.4 is 0 Å². The first kappa shape index (κ1) is 19.3. The van der Waals surface area contributed by atoms with Gasteiger partial charge in [-0.05, 0) is 30.5 Å². The molecule has 1 unspecified atom stereocenters. The van der Waals surface area contributed by atoms with Gasteiger partial charge in [-0.2, -0.15) is 0 Å². The van der Waals surface area contributed by atoms with Gasteiger partial charge in [-0.25, -0.2) is 12.7 Å². The van der Waals surface area contributed by atoms with E-state index in [1.807, 2.05) is 11.0 Å². The number of carbonyl (C=O) groups excluding carboxylic acids is 1. The summed E-state index contributed by atoms with van der Waals surface area (Å²) in [6, 6.07) is 7.08. The van der Waals surface area contributed by atoms with Crippen molar-refractivity contribution in [3.8, 4) is 0 Å². The summed E-state index contributed by atoms with van der Waals surface area (Å²) in [6.07, 6.45) is 1.53. The SMILES string of the molecule is CN(C)S(=O)(=O)c1cccc(CN2CCN(C(=O)C3CCCO3)CC2)c1. The van der Waals surface area contributed by atoms with Crippen LogP contribution in [0.5, 0.6) is 0 Å². The fraction of sp³-hybridized carbons (Fsp3) is 0.611. The molecule has 144 valence electrons. The number of sulfonamides is 1. The molecular formula is C18H27N3O4S. The third kappa shape index (κ3) is 4.25. The molecule has 1 aromatic carbocycles. The zero-order chi connectivity index (χ0) is 18.7. The predicted octanol–water partition coefficient (Wildman–Crippen LogP) is 0.760. The van der Waals surface area contributed by atoms with Gasteiger partial charge in [-0.3, -0.25) is 9.69 Å². The minimum atomic E-state index is -3.42. The molecule has 0 aliphatic carbocycles. The van der Waals surface area contributed by atoms with Gasteiger partial charge < -0.3 is 9.64 Å². The monoisotopic (exact) mass is 381 g/mol. The number of hydrogen-bond donors (Lipinski definition) is 0. The van der Waals surface area contributed by atoms with Gasteiger partial charge in [0, 0.05) is 53.4 Å². The Morgan fingerprint density at radius 3 is 2.58 bits per heavy atom. The van der Waals surface area contributed by atoms with Crippen LogP contribution in [0, 0.1) is 0 Å². The third-order valence-electron chi connectivity index (χ3n) is 4.97. The summed E-state index contributed by atoms with van der Waals surface area (Å²) < 4.78 is 31.3. The fourth-order valence-corrected chi connectivity index (χ4v) is 4.35. The van der Waals surface area contributed by atoms with Crippen molar-refractivity contribution < 1.29 is 17.9 Å². The quantitative estimate of drug-likeness (QED) is 0.753.